The molecule has 0 radical (unpaired) electrons. The van der Waals surface area contributed by atoms with E-state index in [4.69, 9.17) is 16.3 Å². The largest absolute Gasteiger partial charge is 0.497 e. The highest BCUT2D eigenvalue weighted by Gasteiger charge is 2.14. The fourth-order valence-corrected chi connectivity index (χ4v) is 2.12. The highest BCUT2D eigenvalue weighted by Crippen LogP contribution is 2.28. The number of aromatic nitrogens is 4. The molecule has 6 nitrogen and oxygen atoms in total. The van der Waals surface area contributed by atoms with Crippen LogP contribution in [-0.4, -0.2) is 34.1 Å². The van der Waals surface area contributed by atoms with Gasteiger partial charge in [0.05, 0.1) is 13.4 Å². The van der Waals surface area contributed by atoms with Crippen molar-refractivity contribution < 1.29 is 4.74 Å². The lowest BCUT2D eigenvalue weighted by Crippen LogP contribution is -2.12. The number of rotatable bonds is 3. The molecule has 3 aromatic rings. The van der Waals surface area contributed by atoms with Gasteiger partial charge in [-0.1, -0.05) is 0 Å². The highest BCUT2D eigenvalue weighted by molar-refractivity contribution is 6.28. The quantitative estimate of drug-likeness (QED) is 0.751. The summed E-state index contributed by atoms with van der Waals surface area (Å²) >= 11 is 5.94. The van der Waals surface area contributed by atoms with Gasteiger partial charge in [-0.2, -0.15) is 9.97 Å². The first-order valence-electron chi connectivity index (χ1n) is 5.93. The van der Waals surface area contributed by atoms with Crippen LogP contribution in [0.15, 0.2) is 30.6 Å². The summed E-state index contributed by atoms with van der Waals surface area (Å²) in [5.41, 5.74) is 2.24. The standard InChI is InChI=1S/C13H12ClN5O/c1-19(8-3-5-9(20-2)6-4-8)12-10-11(16-7-15-10)17-13(14)18-12/h3-7H,1-2H3,(H,15,16,17,18). The first kappa shape index (κ1) is 12.7. The van der Waals surface area contributed by atoms with Crippen LogP contribution in [0.1, 0.15) is 0 Å². The molecule has 0 amide bonds. The molecule has 7 heteroatoms. The lowest BCUT2D eigenvalue weighted by molar-refractivity contribution is 0.415. The number of imidazole rings is 1. The number of halogens is 1. The number of nitrogens with zero attached hydrogens (tertiary/aromatic N) is 4. The molecule has 0 spiro atoms. The van der Waals surface area contributed by atoms with E-state index in [9.17, 15) is 0 Å². The van der Waals surface area contributed by atoms with Crippen molar-refractivity contribution in [2.75, 3.05) is 19.1 Å². The van der Waals surface area contributed by atoms with E-state index in [0.717, 1.165) is 17.0 Å². The first-order chi connectivity index (χ1) is 9.69. The molecular weight excluding hydrogens is 278 g/mol. The number of benzene rings is 1. The van der Waals surface area contributed by atoms with Gasteiger partial charge in [-0.05, 0) is 35.9 Å². The van der Waals surface area contributed by atoms with Crippen LogP contribution >= 0.6 is 11.6 Å². The van der Waals surface area contributed by atoms with Crippen LogP contribution in [0.4, 0.5) is 11.5 Å². The van der Waals surface area contributed by atoms with Gasteiger partial charge in [-0.25, -0.2) is 4.98 Å². The zero-order chi connectivity index (χ0) is 14.1. The summed E-state index contributed by atoms with van der Waals surface area (Å²) in [6, 6.07) is 7.66. The van der Waals surface area contributed by atoms with Crippen LogP contribution in [0, 0.1) is 0 Å². The maximum atomic E-state index is 5.94. The Kier molecular flexibility index (Phi) is 3.15. The van der Waals surface area contributed by atoms with Crippen molar-refractivity contribution in [1.82, 2.24) is 19.9 Å². The van der Waals surface area contributed by atoms with Gasteiger partial charge in [0.15, 0.2) is 11.5 Å². The van der Waals surface area contributed by atoms with Gasteiger partial charge in [0.25, 0.3) is 0 Å². The molecule has 0 aliphatic carbocycles. The van der Waals surface area contributed by atoms with Gasteiger partial charge in [0.2, 0.25) is 5.28 Å². The third-order valence-corrected chi connectivity index (χ3v) is 3.19. The number of methoxy groups -OCH3 is 1. The number of H-pyrrole nitrogens is 1. The topological polar surface area (TPSA) is 66.9 Å². The zero-order valence-electron chi connectivity index (χ0n) is 11.0. The fraction of sp³-hybridized carbons (Fsp3) is 0.154. The lowest BCUT2D eigenvalue weighted by Gasteiger charge is -2.19. The molecule has 0 aliphatic rings. The van der Waals surface area contributed by atoms with E-state index in [0.29, 0.717) is 11.5 Å². The zero-order valence-corrected chi connectivity index (χ0v) is 11.7. The molecule has 0 bridgehead atoms. The number of anilines is 2. The number of nitrogens with one attached hydrogen (secondary N) is 1. The maximum absolute atomic E-state index is 5.94. The van der Waals surface area contributed by atoms with Crippen LogP contribution in [0.3, 0.4) is 0 Å². The summed E-state index contributed by atoms with van der Waals surface area (Å²) in [4.78, 5) is 17.4. The molecule has 2 heterocycles. The smallest absolute Gasteiger partial charge is 0.226 e. The van der Waals surface area contributed by atoms with Crippen molar-refractivity contribution in [2.24, 2.45) is 0 Å². The van der Waals surface area contributed by atoms with E-state index < -0.39 is 0 Å². The molecule has 102 valence electrons. The van der Waals surface area contributed by atoms with Gasteiger partial charge in [0.1, 0.15) is 11.3 Å². The monoisotopic (exact) mass is 289 g/mol. The third kappa shape index (κ3) is 2.14. The molecule has 1 N–H and O–H groups in total. The van der Waals surface area contributed by atoms with Gasteiger partial charge >= 0.3 is 0 Å². The molecule has 0 aliphatic heterocycles. The Morgan fingerprint density at radius 1 is 1.20 bits per heavy atom. The fourth-order valence-electron chi connectivity index (χ4n) is 1.96. The van der Waals surface area contributed by atoms with Crippen LogP contribution in [0.5, 0.6) is 5.75 Å². The summed E-state index contributed by atoms with van der Waals surface area (Å²) in [5, 5.41) is 0.167. The van der Waals surface area contributed by atoms with Gasteiger partial charge in [-0.3, -0.25) is 0 Å². The SMILES string of the molecule is COc1ccc(N(C)c2nc(Cl)nc3nc[nH]c23)cc1. The second kappa shape index (κ2) is 4.97. The normalized spacial score (nSPS) is 10.8. The Hall–Kier alpha value is -2.34. The van der Waals surface area contributed by atoms with Crippen molar-refractivity contribution in [1.29, 1.82) is 0 Å². The summed E-state index contributed by atoms with van der Waals surface area (Å²) in [6.45, 7) is 0. The second-order valence-electron chi connectivity index (χ2n) is 4.17. The molecule has 2 aromatic heterocycles. The number of hydrogen-bond donors (Lipinski definition) is 1. The highest BCUT2D eigenvalue weighted by atomic mass is 35.5. The first-order valence-corrected chi connectivity index (χ1v) is 6.31. The van der Waals surface area contributed by atoms with E-state index in [-0.39, 0.29) is 5.28 Å². The summed E-state index contributed by atoms with van der Waals surface area (Å²) < 4.78 is 5.15. The van der Waals surface area contributed by atoms with Crippen molar-refractivity contribution in [3.63, 3.8) is 0 Å². The van der Waals surface area contributed by atoms with E-state index >= 15 is 0 Å². The summed E-state index contributed by atoms with van der Waals surface area (Å²) in [5.74, 6) is 1.47. The average Bonchev–Trinajstić information content (AvgIpc) is 2.94. The predicted molar refractivity (Wildman–Crippen MR) is 77.8 cm³/mol. The Balaban J connectivity index is 2.06. The minimum atomic E-state index is 0.167. The number of fused-ring (bicyclic) bond motifs is 1. The number of aromatic amines is 1. The maximum Gasteiger partial charge on any atom is 0.226 e. The molecule has 3 rings (SSSR count). The van der Waals surface area contributed by atoms with Crippen LogP contribution in [0.2, 0.25) is 5.28 Å². The molecule has 0 atom stereocenters. The minimum Gasteiger partial charge on any atom is -0.497 e. The molecule has 0 fully saturated rings. The van der Waals surface area contributed by atoms with E-state index in [1.807, 2.05) is 36.2 Å². The summed E-state index contributed by atoms with van der Waals surface area (Å²) in [7, 11) is 3.54. The number of hydrogen-bond acceptors (Lipinski definition) is 5. The van der Waals surface area contributed by atoms with Crippen molar-refractivity contribution in [2.45, 2.75) is 0 Å². The lowest BCUT2D eigenvalue weighted by atomic mass is 10.2. The van der Waals surface area contributed by atoms with Crippen molar-refractivity contribution in [3.05, 3.63) is 35.9 Å². The van der Waals surface area contributed by atoms with E-state index in [1.165, 1.54) is 0 Å². The molecular formula is C13H12ClN5O. The Labute approximate surface area is 120 Å². The van der Waals surface area contributed by atoms with Crippen molar-refractivity contribution in [3.8, 4) is 5.75 Å². The Morgan fingerprint density at radius 2 is 1.95 bits per heavy atom. The van der Waals surface area contributed by atoms with E-state index in [2.05, 4.69) is 19.9 Å². The van der Waals surface area contributed by atoms with Gasteiger partial charge < -0.3 is 14.6 Å². The molecule has 0 saturated heterocycles. The predicted octanol–water partition coefficient (Wildman–Crippen LogP) is 2.78. The Morgan fingerprint density at radius 3 is 2.65 bits per heavy atom. The Bertz CT molecular complexity index is 740. The van der Waals surface area contributed by atoms with Crippen LogP contribution in [-0.2, 0) is 0 Å². The third-order valence-electron chi connectivity index (χ3n) is 3.02. The van der Waals surface area contributed by atoms with Crippen molar-refractivity contribution >= 4 is 34.3 Å². The van der Waals surface area contributed by atoms with E-state index in [1.54, 1.807) is 13.4 Å². The minimum absolute atomic E-state index is 0.167. The van der Waals surface area contributed by atoms with Crippen LogP contribution < -0.4 is 9.64 Å². The molecule has 1 aromatic carbocycles. The molecule has 0 saturated carbocycles. The van der Waals surface area contributed by atoms with Gasteiger partial charge in [0, 0.05) is 12.7 Å². The summed E-state index contributed by atoms with van der Waals surface area (Å²) in [6.07, 6.45) is 1.57. The second-order valence-corrected chi connectivity index (χ2v) is 4.51. The molecule has 0 unspecified atom stereocenters. The number of ether oxygens (including phenoxy) is 1. The van der Waals surface area contributed by atoms with Gasteiger partial charge in [-0.15, -0.1) is 0 Å². The molecule has 20 heavy (non-hydrogen) atoms. The van der Waals surface area contributed by atoms with Crippen LogP contribution in [0.25, 0.3) is 11.2 Å². The average molecular weight is 290 g/mol.